The average Bonchev–Trinajstić information content (AvgIpc) is 3.80. The minimum atomic E-state index is -4.47. The molecule has 6 rings (SSSR count). The normalized spacial score (nSPS) is 15.8. The molecule has 0 bridgehead atoms. The Morgan fingerprint density at radius 2 is 1.22 bits per heavy atom. The number of nitrogens with one attached hydrogen (secondary N) is 1. The lowest BCUT2D eigenvalue weighted by molar-refractivity contribution is -0.144. The SMILES string of the molecule is CN(C)C(=O)C1(F)CNC1.Cc1cc(-c2ncn(/C=C\C(=O)N3CC(F)(CN(C)C)C3)n2)cc(C(F)(F)F)c1.Cc1cc(-c2ncn(/C=C\C(=O)O)n2)cc(C(F)(F)F)c1. The summed E-state index contributed by atoms with van der Waals surface area (Å²) in [6.07, 6.45) is -1.87. The van der Waals surface area contributed by atoms with Crippen LogP contribution in [0, 0.1) is 13.8 Å². The number of carboxylic acids is 1. The van der Waals surface area contributed by atoms with Crippen LogP contribution in [-0.2, 0) is 26.7 Å². The van der Waals surface area contributed by atoms with Crippen molar-refractivity contribution in [1.29, 1.82) is 0 Å². The molecule has 2 saturated heterocycles. The second-order valence-corrected chi connectivity index (χ2v) is 14.6. The molecule has 2 aromatic heterocycles. The Kier molecular flexibility index (Phi) is 14.4. The van der Waals surface area contributed by atoms with E-state index in [4.69, 9.17) is 5.11 Å². The molecule has 2 fully saturated rings. The van der Waals surface area contributed by atoms with E-state index in [0.717, 1.165) is 41.2 Å². The number of aliphatic carboxylic acids is 1. The van der Waals surface area contributed by atoms with E-state index in [1.807, 2.05) is 0 Å². The first-order chi connectivity index (χ1) is 27.8. The van der Waals surface area contributed by atoms with Crippen molar-refractivity contribution < 1.29 is 54.6 Å². The molecule has 2 aliphatic rings. The molecule has 2 amide bonds. The van der Waals surface area contributed by atoms with Crippen molar-refractivity contribution in [3.05, 3.63) is 83.5 Å². The number of nitrogens with zero attached hydrogens (tertiary/aromatic N) is 9. The molecule has 2 aromatic carbocycles. The van der Waals surface area contributed by atoms with E-state index in [1.165, 1.54) is 45.5 Å². The Morgan fingerprint density at radius 3 is 1.57 bits per heavy atom. The van der Waals surface area contributed by atoms with Crippen molar-refractivity contribution in [2.75, 3.05) is 60.9 Å². The van der Waals surface area contributed by atoms with Gasteiger partial charge in [0.2, 0.25) is 11.6 Å². The molecule has 0 atom stereocenters. The van der Waals surface area contributed by atoms with Crippen molar-refractivity contribution in [3.8, 4) is 22.8 Å². The maximum absolute atomic E-state index is 14.3. The van der Waals surface area contributed by atoms with Gasteiger partial charge in [-0.05, 0) is 75.5 Å². The monoisotopic (exact) mass is 854 g/mol. The van der Waals surface area contributed by atoms with Crippen LogP contribution >= 0.6 is 0 Å². The van der Waals surface area contributed by atoms with Crippen LogP contribution in [0.1, 0.15) is 22.3 Å². The summed E-state index contributed by atoms with van der Waals surface area (Å²) >= 11 is 0. The number of aryl methyl sites for hydroxylation is 2. The fraction of sp³-hybridized carbons (Fsp3) is 0.395. The van der Waals surface area contributed by atoms with Crippen LogP contribution < -0.4 is 5.32 Å². The van der Waals surface area contributed by atoms with Crippen LogP contribution in [0.5, 0.6) is 0 Å². The van der Waals surface area contributed by atoms with Crippen molar-refractivity contribution in [3.63, 3.8) is 0 Å². The van der Waals surface area contributed by atoms with Crippen molar-refractivity contribution >= 4 is 30.2 Å². The smallest absolute Gasteiger partial charge is 0.416 e. The zero-order valence-corrected chi connectivity index (χ0v) is 33.2. The molecule has 2 N–H and O–H groups in total. The third-order valence-electron chi connectivity index (χ3n) is 8.54. The molecule has 2 aliphatic heterocycles. The number of aromatic nitrogens is 6. The van der Waals surface area contributed by atoms with Gasteiger partial charge in [-0.3, -0.25) is 9.59 Å². The van der Waals surface area contributed by atoms with Gasteiger partial charge in [-0.25, -0.2) is 32.9 Å². The molecule has 4 aromatic rings. The van der Waals surface area contributed by atoms with Gasteiger partial charge >= 0.3 is 18.3 Å². The molecule has 14 nitrogen and oxygen atoms in total. The predicted molar refractivity (Wildman–Crippen MR) is 203 cm³/mol. The Labute approximate surface area is 338 Å². The van der Waals surface area contributed by atoms with Gasteiger partial charge in [0, 0.05) is 69.4 Å². The third kappa shape index (κ3) is 12.7. The number of carboxylic acid groups (broad SMARTS) is 1. The van der Waals surface area contributed by atoms with Crippen LogP contribution in [0.25, 0.3) is 35.2 Å². The average molecular weight is 855 g/mol. The predicted octanol–water partition coefficient (Wildman–Crippen LogP) is 5.07. The number of amides is 2. The van der Waals surface area contributed by atoms with Gasteiger partial charge in [0.15, 0.2) is 17.3 Å². The number of likely N-dealkylation sites (tertiary alicyclic amines) is 1. The summed E-state index contributed by atoms with van der Waals surface area (Å²) < 4.78 is 107. The fourth-order valence-electron chi connectivity index (χ4n) is 5.85. The summed E-state index contributed by atoms with van der Waals surface area (Å²) in [6, 6.07) is 7.09. The first kappa shape index (κ1) is 46.7. The lowest BCUT2D eigenvalue weighted by Gasteiger charge is -2.45. The summed E-state index contributed by atoms with van der Waals surface area (Å²) in [5, 5.41) is 19.2. The van der Waals surface area contributed by atoms with Crippen molar-refractivity contribution in [1.82, 2.24) is 49.5 Å². The minimum absolute atomic E-state index is 0.0144. The summed E-state index contributed by atoms with van der Waals surface area (Å²) in [5.41, 5.74) is -3.29. The van der Waals surface area contributed by atoms with Gasteiger partial charge in [-0.15, -0.1) is 10.2 Å². The largest absolute Gasteiger partial charge is 0.478 e. The molecule has 0 spiro atoms. The molecule has 324 valence electrons. The van der Waals surface area contributed by atoms with Crippen LogP contribution in [0.2, 0.25) is 0 Å². The molecule has 0 radical (unpaired) electrons. The van der Waals surface area contributed by atoms with E-state index in [0.29, 0.717) is 11.1 Å². The maximum Gasteiger partial charge on any atom is 0.416 e. The van der Waals surface area contributed by atoms with Crippen molar-refractivity contribution in [2.24, 2.45) is 0 Å². The second-order valence-electron chi connectivity index (χ2n) is 14.6. The van der Waals surface area contributed by atoms with Crippen molar-refractivity contribution in [2.45, 2.75) is 37.5 Å². The number of carbonyl (C=O) groups is 3. The minimum Gasteiger partial charge on any atom is -0.478 e. The molecule has 0 saturated carbocycles. The number of hydrogen-bond acceptors (Lipinski definition) is 9. The highest BCUT2D eigenvalue weighted by Crippen LogP contribution is 2.34. The number of alkyl halides is 8. The fourth-order valence-corrected chi connectivity index (χ4v) is 5.85. The Hall–Kier alpha value is -6.03. The zero-order valence-electron chi connectivity index (χ0n) is 33.2. The van der Waals surface area contributed by atoms with Gasteiger partial charge in [0.25, 0.3) is 5.91 Å². The highest BCUT2D eigenvalue weighted by Gasteiger charge is 2.46. The number of rotatable bonds is 9. The van der Waals surface area contributed by atoms with Gasteiger partial charge in [0.05, 0.1) is 24.2 Å². The van der Waals surface area contributed by atoms with Gasteiger partial charge in [-0.1, -0.05) is 0 Å². The van der Waals surface area contributed by atoms with Gasteiger partial charge in [-0.2, -0.15) is 26.3 Å². The van der Waals surface area contributed by atoms with E-state index in [1.54, 1.807) is 53.0 Å². The van der Waals surface area contributed by atoms with Crippen LogP contribution in [-0.4, -0.2) is 139 Å². The van der Waals surface area contributed by atoms with E-state index >= 15 is 0 Å². The van der Waals surface area contributed by atoms with Crippen LogP contribution in [0.3, 0.4) is 0 Å². The lowest BCUT2D eigenvalue weighted by atomic mass is 9.95. The Bertz CT molecular complexity index is 2220. The standard InChI is InChI=1S/C19H21F4N5O.C13H10F3N3O2.C6H11FN2O/c1-13-6-14(8-15(7-13)19(21,22)23)17-24-12-28(25-17)5-4-16(29)27-10-18(20,11-27)9-26(2)3;1-8-4-9(6-10(5-8)13(14,15)16)12-17-7-19(18-12)3-2-11(20)21;1-9(2)5(10)6(7)3-8-4-6/h4-8,12H,9-11H2,1-3H3;2-7H,1H3,(H,20,21);8H,3-4H2,1-2H3/b5-4-;3-2-;. The highest BCUT2D eigenvalue weighted by molar-refractivity contribution is 5.91. The Morgan fingerprint density at radius 1 is 0.767 bits per heavy atom. The number of halogens is 8. The highest BCUT2D eigenvalue weighted by atomic mass is 19.4. The summed E-state index contributed by atoms with van der Waals surface area (Å²) in [7, 11) is 6.64. The van der Waals surface area contributed by atoms with Crippen LogP contribution in [0.4, 0.5) is 35.1 Å². The van der Waals surface area contributed by atoms with Gasteiger partial charge in [0.1, 0.15) is 12.7 Å². The zero-order chi connectivity index (χ0) is 44.8. The molecular formula is C38H42F8N10O4. The van der Waals surface area contributed by atoms with E-state index < -0.39 is 46.7 Å². The molecular weight excluding hydrogens is 812 g/mol. The van der Waals surface area contributed by atoms with E-state index in [2.05, 4.69) is 25.5 Å². The maximum atomic E-state index is 14.3. The molecule has 4 heterocycles. The summed E-state index contributed by atoms with van der Waals surface area (Å²) in [6.45, 7) is 3.68. The summed E-state index contributed by atoms with van der Waals surface area (Å²) in [5.74, 6) is -1.79. The van der Waals surface area contributed by atoms with E-state index in [9.17, 15) is 49.5 Å². The van der Waals surface area contributed by atoms with Gasteiger partial charge < -0.3 is 25.1 Å². The van der Waals surface area contributed by atoms with E-state index in [-0.39, 0.29) is 61.4 Å². The number of carbonyl (C=O) groups excluding carboxylic acids is 2. The molecule has 0 aliphatic carbocycles. The first-order valence-corrected chi connectivity index (χ1v) is 17.8. The third-order valence-corrected chi connectivity index (χ3v) is 8.54. The molecule has 22 heteroatoms. The number of hydrogen-bond donors (Lipinski definition) is 2. The Balaban J connectivity index is 0.000000222. The topological polar surface area (TPSA) is 155 Å². The molecule has 0 unspecified atom stereocenters. The van der Waals surface area contributed by atoms with Crippen LogP contribution in [0.15, 0.2) is 61.2 Å². The second kappa shape index (κ2) is 18.5. The first-order valence-electron chi connectivity index (χ1n) is 17.8. The quantitative estimate of drug-likeness (QED) is 0.172. The lowest BCUT2D eigenvalue weighted by Crippen LogP contribution is -2.64. The molecule has 60 heavy (non-hydrogen) atoms. The number of benzene rings is 2. The summed E-state index contributed by atoms with van der Waals surface area (Å²) in [4.78, 5) is 45.7.